The molecule has 3 heterocycles. The van der Waals surface area contributed by atoms with Gasteiger partial charge in [0.25, 0.3) is 5.22 Å². The Labute approximate surface area is 191 Å². The lowest BCUT2D eigenvalue weighted by molar-refractivity contribution is -0.125. The summed E-state index contributed by atoms with van der Waals surface area (Å²) in [5, 5.41) is 9.96. The van der Waals surface area contributed by atoms with E-state index in [9.17, 15) is 9.59 Å². The van der Waals surface area contributed by atoms with Gasteiger partial charge in [0, 0.05) is 16.0 Å². The van der Waals surface area contributed by atoms with E-state index < -0.39 is 6.09 Å². The number of para-hydroxylation sites is 1. The molecule has 5 rings (SSSR count). The van der Waals surface area contributed by atoms with Crippen molar-refractivity contribution in [2.24, 2.45) is 0 Å². The van der Waals surface area contributed by atoms with Crippen molar-refractivity contribution in [1.82, 2.24) is 20.1 Å². The summed E-state index contributed by atoms with van der Waals surface area (Å²) in [5.74, 6) is -0.0601. The van der Waals surface area contributed by atoms with Gasteiger partial charge in [-0.1, -0.05) is 53.7 Å². The number of amides is 2. The number of benzene rings is 2. The third-order valence-corrected chi connectivity index (χ3v) is 5.93. The highest BCUT2D eigenvalue weighted by atomic mass is 35.5. The summed E-state index contributed by atoms with van der Waals surface area (Å²) in [6.45, 7) is 0.467. The normalized spacial score (nSPS) is 13.5. The molecule has 8 nitrogen and oxygen atoms in total. The number of fused-ring (bicyclic) bond motifs is 1. The van der Waals surface area contributed by atoms with Crippen LogP contribution in [0.2, 0.25) is 5.02 Å². The fourth-order valence-electron chi connectivity index (χ4n) is 3.32. The molecule has 0 radical (unpaired) electrons. The van der Waals surface area contributed by atoms with E-state index in [0.717, 1.165) is 44.4 Å². The van der Waals surface area contributed by atoms with Crippen molar-refractivity contribution in [2.45, 2.75) is 5.22 Å². The molecular weight excluding hydrogens is 452 g/mol. The van der Waals surface area contributed by atoms with Crippen molar-refractivity contribution in [2.75, 3.05) is 18.9 Å². The molecule has 0 atom stereocenters. The molecule has 1 aliphatic heterocycles. The Morgan fingerprint density at radius 1 is 1.12 bits per heavy atom. The number of cyclic esters (lactones) is 1. The second-order valence-electron chi connectivity index (χ2n) is 6.90. The molecule has 2 aromatic carbocycles. The molecule has 1 fully saturated rings. The highest BCUT2D eigenvalue weighted by Gasteiger charge is 2.28. The van der Waals surface area contributed by atoms with Gasteiger partial charge >= 0.3 is 6.09 Å². The van der Waals surface area contributed by atoms with Crippen molar-refractivity contribution in [3.8, 4) is 22.7 Å². The Morgan fingerprint density at radius 3 is 2.72 bits per heavy atom. The summed E-state index contributed by atoms with van der Waals surface area (Å²) in [4.78, 5) is 29.5. The second kappa shape index (κ2) is 8.60. The van der Waals surface area contributed by atoms with Gasteiger partial charge < -0.3 is 9.15 Å². The molecule has 0 saturated carbocycles. The van der Waals surface area contributed by atoms with Gasteiger partial charge in [-0.05, 0) is 24.3 Å². The van der Waals surface area contributed by atoms with Crippen LogP contribution < -0.4 is 0 Å². The van der Waals surface area contributed by atoms with Gasteiger partial charge in [0.15, 0.2) is 0 Å². The third-order valence-electron chi connectivity index (χ3n) is 4.87. The molecule has 10 heteroatoms. The highest BCUT2D eigenvalue weighted by Crippen LogP contribution is 2.33. The van der Waals surface area contributed by atoms with Crippen molar-refractivity contribution >= 4 is 46.3 Å². The van der Waals surface area contributed by atoms with Crippen molar-refractivity contribution in [3.63, 3.8) is 0 Å². The minimum Gasteiger partial charge on any atom is -0.447 e. The lowest BCUT2D eigenvalue weighted by Crippen LogP contribution is -2.32. The molecule has 2 amide bonds. The maximum atomic E-state index is 12.2. The van der Waals surface area contributed by atoms with Gasteiger partial charge in [0.2, 0.25) is 11.8 Å². The number of pyridine rings is 1. The predicted molar refractivity (Wildman–Crippen MR) is 119 cm³/mol. The Bertz CT molecular complexity index is 1330. The van der Waals surface area contributed by atoms with Crippen LogP contribution in [0.3, 0.4) is 0 Å². The maximum absolute atomic E-state index is 12.2. The number of imide groups is 1. The summed E-state index contributed by atoms with van der Waals surface area (Å²) in [5.41, 5.74) is 3.16. The molecule has 1 saturated heterocycles. The van der Waals surface area contributed by atoms with Crippen molar-refractivity contribution in [1.29, 1.82) is 0 Å². The van der Waals surface area contributed by atoms with Gasteiger partial charge in [-0.25, -0.2) is 14.7 Å². The number of hydrogen-bond acceptors (Lipinski definition) is 8. The molecule has 160 valence electrons. The van der Waals surface area contributed by atoms with E-state index in [1.54, 1.807) is 0 Å². The number of nitrogens with zero attached hydrogens (tertiary/aromatic N) is 4. The zero-order chi connectivity index (χ0) is 22.1. The number of halogens is 1. The largest absolute Gasteiger partial charge is 0.447 e. The van der Waals surface area contributed by atoms with E-state index >= 15 is 0 Å². The molecule has 0 spiro atoms. The van der Waals surface area contributed by atoms with Crippen LogP contribution in [0.4, 0.5) is 4.79 Å². The van der Waals surface area contributed by atoms with Crippen molar-refractivity contribution < 1.29 is 18.7 Å². The van der Waals surface area contributed by atoms with Gasteiger partial charge in [-0.2, -0.15) is 0 Å². The van der Waals surface area contributed by atoms with E-state index in [-0.39, 0.29) is 30.0 Å². The number of aromatic nitrogens is 3. The van der Waals surface area contributed by atoms with Crippen LogP contribution in [0, 0.1) is 0 Å². The fourth-order valence-corrected chi connectivity index (χ4v) is 4.08. The van der Waals surface area contributed by atoms with Gasteiger partial charge in [-0.15, -0.1) is 10.2 Å². The Morgan fingerprint density at radius 2 is 1.94 bits per heavy atom. The molecule has 2 aromatic heterocycles. The standard InChI is InChI=1S/C22H15ClN4O4S/c23-14-7-5-13(6-8-14)18-11-16(15-3-1-2-4-17(15)24-18)20-25-26-21(31-20)32-12-19(28)27-9-10-30-22(27)29/h1-8,11H,9-10,12H2. The SMILES string of the molecule is O=C(CSc1nnc(-c2cc(-c3ccc(Cl)cc3)nc3ccccc23)o1)N1CCOC1=O. The van der Waals surface area contributed by atoms with Crippen LogP contribution in [0.1, 0.15) is 0 Å². The summed E-state index contributed by atoms with van der Waals surface area (Å²) in [7, 11) is 0. The number of carbonyl (C=O) groups is 2. The molecule has 0 N–H and O–H groups in total. The zero-order valence-electron chi connectivity index (χ0n) is 16.5. The molecule has 0 unspecified atom stereocenters. The van der Waals surface area contributed by atoms with E-state index in [0.29, 0.717) is 10.9 Å². The van der Waals surface area contributed by atoms with Crippen LogP contribution in [0.5, 0.6) is 0 Å². The first-order chi connectivity index (χ1) is 15.6. The molecular formula is C22H15ClN4O4S. The lowest BCUT2D eigenvalue weighted by atomic mass is 10.0. The highest BCUT2D eigenvalue weighted by molar-refractivity contribution is 7.99. The Kier molecular flexibility index (Phi) is 5.50. The quantitative estimate of drug-likeness (QED) is 0.391. The molecule has 4 aromatic rings. The molecule has 0 bridgehead atoms. The molecule has 0 aliphatic carbocycles. The zero-order valence-corrected chi connectivity index (χ0v) is 18.1. The van der Waals surface area contributed by atoms with E-state index in [2.05, 4.69) is 10.2 Å². The number of carbonyl (C=O) groups excluding carboxylic acids is 2. The van der Waals surface area contributed by atoms with E-state index in [1.165, 1.54) is 0 Å². The lowest BCUT2D eigenvalue weighted by Gasteiger charge is -2.08. The minimum atomic E-state index is -0.625. The van der Waals surface area contributed by atoms with Crippen LogP contribution in [0.15, 0.2) is 64.2 Å². The predicted octanol–water partition coefficient (Wildman–Crippen LogP) is 4.68. The Balaban J connectivity index is 1.44. The van der Waals surface area contributed by atoms with Crippen LogP contribution >= 0.6 is 23.4 Å². The topological polar surface area (TPSA) is 98.4 Å². The van der Waals surface area contributed by atoms with Gasteiger partial charge in [-0.3, -0.25) is 4.79 Å². The summed E-state index contributed by atoms with van der Waals surface area (Å²) in [6, 6.07) is 17.0. The number of rotatable bonds is 5. The van der Waals surface area contributed by atoms with Gasteiger partial charge in [0.05, 0.1) is 29.1 Å². The smallest absolute Gasteiger partial charge is 0.416 e. The third kappa shape index (κ3) is 4.04. The first kappa shape index (κ1) is 20.5. The Hall–Kier alpha value is -3.43. The summed E-state index contributed by atoms with van der Waals surface area (Å²) in [6.07, 6.45) is -0.625. The van der Waals surface area contributed by atoms with E-state index in [1.807, 2.05) is 54.6 Å². The van der Waals surface area contributed by atoms with E-state index in [4.69, 9.17) is 25.7 Å². The number of hydrogen-bond donors (Lipinski definition) is 0. The van der Waals surface area contributed by atoms with Crippen LogP contribution in [-0.4, -0.2) is 51.0 Å². The number of thioether (sulfide) groups is 1. The summed E-state index contributed by atoms with van der Waals surface area (Å²) >= 11 is 7.09. The average Bonchev–Trinajstić information content (AvgIpc) is 3.46. The fraction of sp³-hybridized carbons (Fsp3) is 0.136. The average molecular weight is 467 g/mol. The molecule has 1 aliphatic rings. The maximum Gasteiger partial charge on any atom is 0.416 e. The van der Waals surface area contributed by atoms with Gasteiger partial charge in [0.1, 0.15) is 6.61 Å². The first-order valence-electron chi connectivity index (χ1n) is 9.68. The van der Waals surface area contributed by atoms with Crippen LogP contribution in [0.25, 0.3) is 33.6 Å². The number of ether oxygens (including phenoxy) is 1. The monoisotopic (exact) mass is 466 g/mol. The van der Waals surface area contributed by atoms with Crippen LogP contribution in [-0.2, 0) is 9.53 Å². The minimum absolute atomic E-state index is 0.0101. The second-order valence-corrected chi connectivity index (χ2v) is 8.26. The first-order valence-corrected chi connectivity index (χ1v) is 11.0. The summed E-state index contributed by atoms with van der Waals surface area (Å²) < 4.78 is 10.6. The molecule has 32 heavy (non-hydrogen) atoms. The van der Waals surface area contributed by atoms with Crippen molar-refractivity contribution in [3.05, 3.63) is 59.6 Å².